The number of nitrogens with zero attached hydrogens (tertiary/aromatic N) is 2. The summed E-state index contributed by atoms with van der Waals surface area (Å²) in [5, 5.41) is 12.7. The Morgan fingerprint density at radius 2 is 1.88 bits per heavy atom. The van der Waals surface area contributed by atoms with E-state index in [1.54, 1.807) is 18.2 Å². The van der Waals surface area contributed by atoms with Crippen molar-refractivity contribution in [2.45, 2.75) is 45.4 Å². The quantitative estimate of drug-likeness (QED) is 0.710. The third kappa shape index (κ3) is 4.69. The second-order valence-electron chi connectivity index (χ2n) is 5.68. The second kappa shape index (κ2) is 9.36. The van der Waals surface area contributed by atoms with Gasteiger partial charge in [-0.25, -0.2) is 0 Å². The van der Waals surface area contributed by atoms with Crippen LogP contribution in [0.1, 0.15) is 60.8 Å². The van der Waals surface area contributed by atoms with Crippen molar-refractivity contribution >= 4 is 22.4 Å². The number of anilines is 1. The predicted molar refractivity (Wildman–Crippen MR) is 100.0 cm³/mol. The van der Waals surface area contributed by atoms with Crippen LogP contribution in [0.15, 0.2) is 18.2 Å². The third-order valence-corrected chi connectivity index (χ3v) is 5.07. The first kappa shape index (κ1) is 19.2. The average Bonchev–Trinajstić information content (AvgIpc) is 3.09. The SMILES string of the molecule is CCCCC(CC)c1nnc(NC(=O)c2c(OC)cccc2OC)s1. The summed E-state index contributed by atoms with van der Waals surface area (Å²) in [4.78, 5) is 12.7. The molecule has 6 nitrogen and oxygen atoms in total. The molecule has 7 heteroatoms. The zero-order valence-electron chi connectivity index (χ0n) is 15.2. The predicted octanol–water partition coefficient (Wildman–Crippen LogP) is 4.49. The highest BCUT2D eigenvalue weighted by molar-refractivity contribution is 7.15. The van der Waals surface area contributed by atoms with Crippen molar-refractivity contribution in [3.8, 4) is 11.5 Å². The van der Waals surface area contributed by atoms with Crippen LogP contribution in [-0.4, -0.2) is 30.3 Å². The van der Waals surface area contributed by atoms with E-state index in [1.165, 1.54) is 25.6 Å². The zero-order valence-corrected chi connectivity index (χ0v) is 16.0. The molecular weight excluding hydrogens is 338 g/mol. The molecular formula is C18H25N3O3S. The van der Waals surface area contributed by atoms with Gasteiger partial charge in [0.1, 0.15) is 22.1 Å². The van der Waals surface area contributed by atoms with E-state index in [-0.39, 0.29) is 5.91 Å². The Balaban J connectivity index is 2.17. The molecule has 136 valence electrons. The molecule has 0 saturated carbocycles. The van der Waals surface area contributed by atoms with Gasteiger partial charge in [0.05, 0.1) is 14.2 Å². The summed E-state index contributed by atoms with van der Waals surface area (Å²) >= 11 is 1.43. The molecule has 1 heterocycles. The standard InChI is InChI=1S/C18H25N3O3S/c1-5-7-9-12(6-2)17-20-21-18(25-17)19-16(22)15-13(23-3)10-8-11-14(15)24-4/h8,10-12H,5-7,9H2,1-4H3,(H,19,21,22). The van der Waals surface area contributed by atoms with Crippen LogP contribution in [0, 0.1) is 0 Å². The van der Waals surface area contributed by atoms with Gasteiger partial charge in [0.25, 0.3) is 5.91 Å². The van der Waals surface area contributed by atoms with Crippen LogP contribution < -0.4 is 14.8 Å². The van der Waals surface area contributed by atoms with E-state index in [0.29, 0.717) is 28.1 Å². The number of hydrogen-bond donors (Lipinski definition) is 1. The highest BCUT2D eigenvalue weighted by atomic mass is 32.1. The Bertz CT molecular complexity index is 680. The fourth-order valence-corrected chi connectivity index (χ4v) is 3.59. The third-order valence-electron chi connectivity index (χ3n) is 4.06. The van der Waals surface area contributed by atoms with Crippen LogP contribution >= 0.6 is 11.3 Å². The number of carbonyl (C=O) groups excluding carboxylic acids is 1. The highest BCUT2D eigenvalue weighted by Crippen LogP contribution is 2.32. The summed E-state index contributed by atoms with van der Waals surface area (Å²) in [7, 11) is 3.04. The Morgan fingerprint density at radius 3 is 2.44 bits per heavy atom. The largest absolute Gasteiger partial charge is 0.496 e. The molecule has 1 N–H and O–H groups in total. The number of benzene rings is 1. The molecule has 1 amide bonds. The topological polar surface area (TPSA) is 73.3 Å². The minimum absolute atomic E-state index is 0.321. The molecule has 1 aromatic carbocycles. The molecule has 1 aromatic heterocycles. The van der Waals surface area contributed by atoms with Crippen LogP contribution in [0.3, 0.4) is 0 Å². The van der Waals surface area contributed by atoms with Crippen molar-refractivity contribution in [2.24, 2.45) is 0 Å². The van der Waals surface area contributed by atoms with E-state index in [1.807, 2.05) is 0 Å². The molecule has 0 fully saturated rings. The minimum Gasteiger partial charge on any atom is -0.496 e. The lowest BCUT2D eigenvalue weighted by Crippen LogP contribution is -2.14. The van der Waals surface area contributed by atoms with Crippen molar-refractivity contribution < 1.29 is 14.3 Å². The second-order valence-corrected chi connectivity index (χ2v) is 6.69. The molecule has 25 heavy (non-hydrogen) atoms. The van der Waals surface area contributed by atoms with Crippen LogP contribution in [0.4, 0.5) is 5.13 Å². The maximum absolute atomic E-state index is 12.7. The van der Waals surface area contributed by atoms with Crippen LogP contribution in [0.25, 0.3) is 0 Å². The van der Waals surface area contributed by atoms with Gasteiger partial charge in [0, 0.05) is 5.92 Å². The number of carbonyl (C=O) groups is 1. The van der Waals surface area contributed by atoms with Crippen molar-refractivity contribution in [1.82, 2.24) is 10.2 Å². The van der Waals surface area contributed by atoms with E-state index in [4.69, 9.17) is 9.47 Å². The molecule has 0 radical (unpaired) electrons. The highest BCUT2D eigenvalue weighted by Gasteiger charge is 2.21. The van der Waals surface area contributed by atoms with Crippen LogP contribution in [-0.2, 0) is 0 Å². The molecule has 2 rings (SSSR count). The first-order valence-electron chi connectivity index (χ1n) is 8.50. The van der Waals surface area contributed by atoms with Crippen molar-refractivity contribution in [1.29, 1.82) is 0 Å². The summed E-state index contributed by atoms with van der Waals surface area (Å²) in [5.41, 5.74) is 0.349. The van der Waals surface area contributed by atoms with Gasteiger partial charge < -0.3 is 9.47 Å². The van der Waals surface area contributed by atoms with Gasteiger partial charge >= 0.3 is 0 Å². The van der Waals surface area contributed by atoms with Gasteiger partial charge in [-0.05, 0) is 25.0 Å². The lowest BCUT2D eigenvalue weighted by atomic mass is 10.0. The zero-order chi connectivity index (χ0) is 18.2. The van der Waals surface area contributed by atoms with Crippen LogP contribution in [0.5, 0.6) is 11.5 Å². The van der Waals surface area contributed by atoms with E-state index in [9.17, 15) is 4.79 Å². The minimum atomic E-state index is -0.321. The van der Waals surface area contributed by atoms with Gasteiger partial charge in [-0.15, -0.1) is 10.2 Å². The van der Waals surface area contributed by atoms with Gasteiger partial charge in [-0.3, -0.25) is 10.1 Å². The molecule has 1 atom stereocenters. The number of nitrogens with one attached hydrogen (secondary N) is 1. The number of methoxy groups -OCH3 is 2. The summed E-state index contributed by atoms with van der Waals surface area (Å²) in [5.74, 6) is 0.981. The average molecular weight is 363 g/mol. The van der Waals surface area contributed by atoms with Gasteiger partial charge in [-0.1, -0.05) is 44.1 Å². The first-order valence-corrected chi connectivity index (χ1v) is 9.31. The van der Waals surface area contributed by atoms with E-state index >= 15 is 0 Å². The lowest BCUT2D eigenvalue weighted by Gasteiger charge is -2.11. The van der Waals surface area contributed by atoms with E-state index in [2.05, 4.69) is 29.4 Å². The summed E-state index contributed by atoms with van der Waals surface area (Å²) < 4.78 is 10.6. The maximum Gasteiger partial charge on any atom is 0.265 e. The smallest absolute Gasteiger partial charge is 0.265 e. The number of ether oxygens (including phenoxy) is 2. The summed E-state index contributed by atoms with van der Waals surface area (Å²) in [6.07, 6.45) is 4.43. The number of hydrogen-bond acceptors (Lipinski definition) is 6. The Hall–Kier alpha value is -2.15. The Morgan fingerprint density at radius 1 is 1.20 bits per heavy atom. The monoisotopic (exact) mass is 363 g/mol. The fourth-order valence-electron chi connectivity index (χ4n) is 2.64. The summed E-state index contributed by atoms with van der Waals surface area (Å²) in [6.45, 7) is 4.33. The Labute approximate surface area is 152 Å². The molecule has 2 aromatic rings. The molecule has 0 aliphatic rings. The molecule has 1 unspecified atom stereocenters. The lowest BCUT2D eigenvalue weighted by molar-refractivity contribution is 0.102. The van der Waals surface area contributed by atoms with Gasteiger partial charge in [-0.2, -0.15) is 0 Å². The van der Waals surface area contributed by atoms with Crippen molar-refractivity contribution in [3.05, 3.63) is 28.8 Å². The molecule has 0 saturated heterocycles. The number of aromatic nitrogens is 2. The molecule has 0 spiro atoms. The number of amides is 1. The normalized spacial score (nSPS) is 11.8. The van der Waals surface area contributed by atoms with E-state index in [0.717, 1.165) is 30.7 Å². The van der Waals surface area contributed by atoms with Crippen molar-refractivity contribution in [2.75, 3.05) is 19.5 Å². The fraction of sp³-hybridized carbons (Fsp3) is 0.500. The van der Waals surface area contributed by atoms with Gasteiger partial charge in [0.15, 0.2) is 0 Å². The molecule has 0 bridgehead atoms. The number of unbranched alkanes of at least 4 members (excludes halogenated alkanes) is 1. The maximum atomic E-state index is 12.7. The van der Waals surface area contributed by atoms with E-state index < -0.39 is 0 Å². The van der Waals surface area contributed by atoms with Crippen LogP contribution in [0.2, 0.25) is 0 Å². The van der Waals surface area contributed by atoms with Crippen molar-refractivity contribution in [3.63, 3.8) is 0 Å². The molecule has 0 aliphatic carbocycles. The first-order chi connectivity index (χ1) is 12.1. The summed E-state index contributed by atoms with van der Waals surface area (Å²) in [6, 6.07) is 5.22. The molecule has 0 aliphatic heterocycles. The van der Waals surface area contributed by atoms with Gasteiger partial charge in [0.2, 0.25) is 5.13 Å². The Kier molecular flexibility index (Phi) is 7.18. The number of rotatable bonds is 9.